The van der Waals surface area contributed by atoms with E-state index < -0.39 is 0 Å². The van der Waals surface area contributed by atoms with E-state index in [1.807, 2.05) is 26.2 Å². The van der Waals surface area contributed by atoms with Crippen molar-refractivity contribution in [2.24, 2.45) is 17.8 Å². The molecular formula is C28H38N4O. The maximum Gasteiger partial charge on any atom is 0.225 e. The third-order valence-electron chi connectivity index (χ3n) is 8.16. The van der Waals surface area contributed by atoms with Crippen molar-refractivity contribution in [3.05, 3.63) is 42.2 Å². The summed E-state index contributed by atoms with van der Waals surface area (Å²) in [5.74, 6) is 2.53. The summed E-state index contributed by atoms with van der Waals surface area (Å²) in [6, 6.07) is 10.0. The molecule has 2 aromatic rings. The van der Waals surface area contributed by atoms with Gasteiger partial charge in [-0.25, -0.2) is 9.97 Å². The molecule has 176 valence electrons. The molecular weight excluding hydrogens is 408 g/mol. The SMILES string of the molecule is CC(C)C(=O)[C@H]1CC[C@H](Cc2ccc(-c3cnc(N4C5CCC4CN(C)C5)nc3)cc2)CC1. The van der Waals surface area contributed by atoms with Crippen molar-refractivity contribution in [2.75, 3.05) is 25.0 Å². The maximum absolute atomic E-state index is 12.3. The fourth-order valence-corrected chi connectivity index (χ4v) is 6.33. The van der Waals surface area contributed by atoms with Crippen molar-refractivity contribution >= 4 is 11.7 Å². The number of likely N-dealkylation sites (N-methyl/N-ethyl adjacent to an activating group) is 1. The number of piperazine rings is 1. The molecule has 2 saturated heterocycles. The van der Waals surface area contributed by atoms with Crippen LogP contribution in [0, 0.1) is 17.8 Å². The summed E-state index contributed by atoms with van der Waals surface area (Å²) in [5, 5.41) is 0. The number of hydrogen-bond donors (Lipinski definition) is 0. The lowest BCUT2D eigenvalue weighted by Gasteiger charge is -2.39. The van der Waals surface area contributed by atoms with E-state index in [0.717, 1.165) is 43.9 Å². The molecule has 3 fully saturated rings. The van der Waals surface area contributed by atoms with Gasteiger partial charge in [0, 0.05) is 55.0 Å². The quantitative estimate of drug-likeness (QED) is 0.625. The van der Waals surface area contributed by atoms with Gasteiger partial charge in [-0.2, -0.15) is 0 Å². The number of benzene rings is 1. The van der Waals surface area contributed by atoms with Gasteiger partial charge < -0.3 is 9.80 Å². The van der Waals surface area contributed by atoms with Gasteiger partial charge in [-0.15, -0.1) is 0 Å². The molecule has 1 saturated carbocycles. The normalized spacial score (nSPS) is 27.8. The number of carbonyl (C=O) groups is 1. The van der Waals surface area contributed by atoms with Gasteiger partial charge in [0.15, 0.2) is 0 Å². The standard InChI is InChI=1S/C28H38N4O/c1-19(2)27(33)23-10-6-21(7-11-23)14-20-4-8-22(9-5-20)24-15-29-28(30-16-24)32-25-12-13-26(32)18-31(3)17-25/h4-5,8-9,15-16,19,21,23,25-26H,6-7,10-14,17-18H2,1-3H3/t21-,23-,25?,26?. The predicted molar refractivity (Wildman–Crippen MR) is 133 cm³/mol. The zero-order valence-electron chi connectivity index (χ0n) is 20.4. The van der Waals surface area contributed by atoms with Gasteiger partial charge in [-0.1, -0.05) is 38.1 Å². The Bertz CT molecular complexity index is 933. The molecule has 2 bridgehead atoms. The van der Waals surface area contributed by atoms with Crippen LogP contribution in [0.1, 0.15) is 57.9 Å². The average Bonchev–Trinajstić information content (AvgIpc) is 3.10. The van der Waals surface area contributed by atoms with Crippen molar-refractivity contribution in [3.8, 4) is 11.1 Å². The molecule has 5 heteroatoms. The first-order valence-corrected chi connectivity index (χ1v) is 12.9. The highest BCUT2D eigenvalue weighted by Crippen LogP contribution is 2.34. The largest absolute Gasteiger partial charge is 0.332 e. The number of rotatable bonds is 6. The molecule has 2 aliphatic heterocycles. The molecule has 5 rings (SSSR count). The number of fused-ring (bicyclic) bond motifs is 2. The lowest BCUT2D eigenvalue weighted by atomic mass is 9.76. The maximum atomic E-state index is 12.3. The van der Waals surface area contributed by atoms with Crippen molar-refractivity contribution in [1.82, 2.24) is 14.9 Å². The highest BCUT2D eigenvalue weighted by molar-refractivity contribution is 5.82. The van der Waals surface area contributed by atoms with Crippen LogP contribution in [-0.4, -0.2) is 52.9 Å². The van der Waals surface area contributed by atoms with Crippen LogP contribution in [0.5, 0.6) is 0 Å². The Morgan fingerprint density at radius 3 is 2.09 bits per heavy atom. The Labute approximate surface area is 198 Å². The lowest BCUT2D eigenvalue weighted by Crippen LogP contribution is -2.53. The molecule has 0 amide bonds. The lowest BCUT2D eigenvalue weighted by molar-refractivity contribution is -0.127. The van der Waals surface area contributed by atoms with Crippen molar-refractivity contribution < 1.29 is 4.79 Å². The Balaban J connectivity index is 1.18. The van der Waals surface area contributed by atoms with Gasteiger partial charge >= 0.3 is 0 Å². The van der Waals surface area contributed by atoms with E-state index in [2.05, 4.69) is 41.1 Å². The van der Waals surface area contributed by atoms with Gasteiger partial charge in [0.05, 0.1) is 0 Å². The number of Topliss-reactive ketones (excluding diaryl/α,β-unsaturated/α-hetero) is 1. The number of likely N-dealkylation sites (tertiary alicyclic amines) is 1. The van der Waals surface area contributed by atoms with Gasteiger partial charge in [0.2, 0.25) is 5.95 Å². The summed E-state index contributed by atoms with van der Waals surface area (Å²) in [6.07, 6.45) is 12.1. The van der Waals surface area contributed by atoms with Crippen molar-refractivity contribution in [3.63, 3.8) is 0 Å². The van der Waals surface area contributed by atoms with Gasteiger partial charge in [-0.05, 0) is 69.0 Å². The second-order valence-corrected chi connectivity index (χ2v) is 11.0. The van der Waals surface area contributed by atoms with Crippen LogP contribution in [0.15, 0.2) is 36.7 Å². The number of aromatic nitrogens is 2. The molecule has 3 aliphatic rings. The third kappa shape index (κ3) is 4.84. The van der Waals surface area contributed by atoms with E-state index in [0.29, 0.717) is 29.7 Å². The zero-order valence-corrected chi connectivity index (χ0v) is 20.4. The van der Waals surface area contributed by atoms with E-state index >= 15 is 0 Å². The Hall–Kier alpha value is -2.27. The molecule has 2 atom stereocenters. The van der Waals surface area contributed by atoms with Crippen LogP contribution in [0.3, 0.4) is 0 Å². The summed E-state index contributed by atoms with van der Waals surface area (Å²) in [5.41, 5.74) is 3.65. The summed E-state index contributed by atoms with van der Waals surface area (Å²) in [6.45, 7) is 6.28. The van der Waals surface area contributed by atoms with Gasteiger partial charge in [-0.3, -0.25) is 4.79 Å². The van der Waals surface area contributed by atoms with Gasteiger partial charge in [0.1, 0.15) is 5.78 Å². The highest BCUT2D eigenvalue weighted by Gasteiger charge is 2.40. The third-order valence-corrected chi connectivity index (χ3v) is 8.16. The summed E-state index contributed by atoms with van der Waals surface area (Å²) >= 11 is 0. The van der Waals surface area contributed by atoms with E-state index in [4.69, 9.17) is 9.97 Å². The van der Waals surface area contributed by atoms with Crippen LogP contribution < -0.4 is 4.90 Å². The fraction of sp³-hybridized carbons (Fsp3) is 0.607. The molecule has 1 aliphatic carbocycles. The molecule has 0 N–H and O–H groups in total. The average molecular weight is 447 g/mol. The minimum atomic E-state index is 0.175. The summed E-state index contributed by atoms with van der Waals surface area (Å²) in [4.78, 5) is 26.7. The summed E-state index contributed by atoms with van der Waals surface area (Å²) in [7, 11) is 2.22. The molecule has 2 unspecified atom stereocenters. The van der Waals surface area contributed by atoms with E-state index in [1.54, 1.807) is 0 Å². The molecule has 5 nitrogen and oxygen atoms in total. The molecule has 0 radical (unpaired) electrons. The number of ketones is 1. The Kier molecular flexibility index (Phi) is 6.51. The predicted octanol–water partition coefficient (Wildman–Crippen LogP) is 5.00. The monoisotopic (exact) mass is 446 g/mol. The fourth-order valence-electron chi connectivity index (χ4n) is 6.33. The molecule has 1 aromatic carbocycles. The Morgan fingerprint density at radius 2 is 1.52 bits per heavy atom. The second kappa shape index (κ2) is 9.54. The number of anilines is 1. The van der Waals surface area contributed by atoms with E-state index in [-0.39, 0.29) is 5.92 Å². The summed E-state index contributed by atoms with van der Waals surface area (Å²) < 4.78 is 0. The minimum Gasteiger partial charge on any atom is -0.332 e. The molecule has 0 spiro atoms. The van der Waals surface area contributed by atoms with Crippen LogP contribution >= 0.6 is 0 Å². The van der Waals surface area contributed by atoms with Crippen molar-refractivity contribution in [1.29, 1.82) is 0 Å². The molecule has 33 heavy (non-hydrogen) atoms. The van der Waals surface area contributed by atoms with Crippen LogP contribution in [0.2, 0.25) is 0 Å². The first-order chi connectivity index (χ1) is 16.0. The van der Waals surface area contributed by atoms with Crippen LogP contribution in [0.25, 0.3) is 11.1 Å². The molecule has 3 heterocycles. The topological polar surface area (TPSA) is 49.3 Å². The van der Waals surface area contributed by atoms with E-state index in [9.17, 15) is 4.79 Å². The first kappa shape index (κ1) is 22.5. The number of nitrogens with zero attached hydrogens (tertiary/aromatic N) is 4. The first-order valence-electron chi connectivity index (χ1n) is 12.9. The van der Waals surface area contributed by atoms with Gasteiger partial charge in [0.25, 0.3) is 0 Å². The number of carbonyl (C=O) groups excluding carboxylic acids is 1. The Morgan fingerprint density at radius 1 is 0.909 bits per heavy atom. The highest BCUT2D eigenvalue weighted by atomic mass is 16.1. The van der Waals surface area contributed by atoms with E-state index in [1.165, 1.54) is 36.8 Å². The number of hydrogen-bond acceptors (Lipinski definition) is 5. The smallest absolute Gasteiger partial charge is 0.225 e. The minimum absolute atomic E-state index is 0.175. The van der Waals surface area contributed by atoms with Crippen LogP contribution in [0.4, 0.5) is 5.95 Å². The molecule has 1 aromatic heterocycles. The second-order valence-electron chi connectivity index (χ2n) is 11.0. The van der Waals surface area contributed by atoms with Crippen molar-refractivity contribution in [2.45, 2.75) is 70.9 Å². The zero-order chi connectivity index (χ0) is 22.9. The van der Waals surface area contributed by atoms with Crippen LogP contribution in [-0.2, 0) is 11.2 Å².